The summed E-state index contributed by atoms with van der Waals surface area (Å²) < 4.78 is 6.13. The van der Waals surface area contributed by atoms with Crippen LogP contribution in [0.25, 0.3) is 0 Å². The number of hydrogen-bond acceptors (Lipinski definition) is 2. The molecule has 0 aromatic heterocycles. The summed E-state index contributed by atoms with van der Waals surface area (Å²) in [6.45, 7) is 7.48. The standard InChI is InChI=1S/C17H32O2/c1-4-19-17(12-10-16(2,3)11-13-17)15(18)14-8-6-5-7-9-14/h14-15,18H,4-13H2,1-3H3. The van der Waals surface area contributed by atoms with Crippen LogP contribution in [-0.2, 0) is 4.74 Å². The van der Waals surface area contributed by atoms with Crippen molar-refractivity contribution in [1.29, 1.82) is 0 Å². The third kappa shape index (κ3) is 3.52. The molecule has 2 rings (SSSR count). The Bertz CT molecular complexity index is 269. The van der Waals surface area contributed by atoms with Gasteiger partial charge in [0.1, 0.15) is 0 Å². The van der Waals surface area contributed by atoms with Crippen molar-refractivity contribution in [3.05, 3.63) is 0 Å². The highest BCUT2D eigenvalue weighted by Gasteiger charge is 2.46. The van der Waals surface area contributed by atoms with Crippen LogP contribution in [0, 0.1) is 11.3 Å². The number of hydrogen-bond donors (Lipinski definition) is 1. The summed E-state index contributed by atoms with van der Waals surface area (Å²) in [5.41, 5.74) is 0.180. The van der Waals surface area contributed by atoms with E-state index >= 15 is 0 Å². The Labute approximate surface area is 118 Å². The molecule has 2 nitrogen and oxygen atoms in total. The lowest BCUT2D eigenvalue weighted by Crippen LogP contribution is -2.52. The van der Waals surface area contributed by atoms with Gasteiger partial charge in [-0.15, -0.1) is 0 Å². The minimum Gasteiger partial charge on any atom is -0.390 e. The molecule has 2 saturated carbocycles. The molecule has 2 heteroatoms. The number of aliphatic hydroxyl groups is 1. The molecule has 0 amide bonds. The second-order valence-corrected chi connectivity index (χ2v) is 7.50. The second-order valence-electron chi connectivity index (χ2n) is 7.50. The van der Waals surface area contributed by atoms with E-state index in [4.69, 9.17) is 4.74 Å². The Balaban J connectivity index is 2.05. The largest absolute Gasteiger partial charge is 0.390 e. The van der Waals surface area contributed by atoms with E-state index in [1.165, 1.54) is 44.9 Å². The Morgan fingerprint density at radius 1 is 1.05 bits per heavy atom. The van der Waals surface area contributed by atoms with Gasteiger partial charge in [-0.3, -0.25) is 0 Å². The van der Waals surface area contributed by atoms with Crippen LogP contribution in [0.3, 0.4) is 0 Å². The molecular formula is C17H32O2. The SMILES string of the molecule is CCOC1(C(O)C2CCCCC2)CCC(C)(C)CC1. The zero-order valence-electron chi connectivity index (χ0n) is 13.1. The van der Waals surface area contributed by atoms with Gasteiger partial charge in [-0.2, -0.15) is 0 Å². The van der Waals surface area contributed by atoms with Crippen molar-refractivity contribution in [1.82, 2.24) is 0 Å². The topological polar surface area (TPSA) is 29.5 Å². The summed E-state index contributed by atoms with van der Waals surface area (Å²) in [5.74, 6) is 0.474. The van der Waals surface area contributed by atoms with Crippen LogP contribution in [0.15, 0.2) is 0 Å². The number of ether oxygens (including phenoxy) is 1. The molecule has 1 atom stereocenters. The molecular weight excluding hydrogens is 236 g/mol. The molecule has 0 aromatic rings. The lowest BCUT2D eigenvalue weighted by Gasteiger charge is -2.48. The van der Waals surface area contributed by atoms with E-state index in [1.54, 1.807) is 0 Å². The third-order valence-electron chi connectivity index (χ3n) is 5.52. The monoisotopic (exact) mass is 268 g/mol. The first-order chi connectivity index (χ1) is 8.99. The molecule has 0 bridgehead atoms. The van der Waals surface area contributed by atoms with Crippen molar-refractivity contribution in [3.8, 4) is 0 Å². The summed E-state index contributed by atoms with van der Waals surface area (Å²) in [6.07, 6.45) is 10.5. The van der Waals surface area contributed by atoms with Crippen molar-refractivity contribution in [2.24, 2.45) is 11.3 Å². The highest BCUT2D eigenvalue weighted by Crippen LogP contribution is 2.46. The van der Waals surface area contributed by atoms with E-state index in [1.807, 2.05) is 0 Å². The molecule has 1 unspecified atom stereocenters. The average Bonchev–Trinajstić information content (AvgIpc) is 2.42. The van der Waals surface area contributed by atoms with Gasteiger partial charge in [-0.1, -0.05) is 33.1 Å². The van der Waals surface area contributed by atoms with E-state index < -0.39 is 0 Å². The van der Waals surface area contributed by atoms with E-state index in [2.05, 4.69) is 20.8 Å². The minimum atomic E-state index is -0.246. The summed E-state index contributed by atoms with van der Waals surface area (Å²) in [7, 11) is 0. The highest BCUT2D eigenvalue weighted by molar-refractivity contribution is 4.98. The van der Waals surface area contributed by atoms with Crippen LogP contribution < -0.4 is 0 Å². The van der Waals surface area contributed by atoms with Crippen molar-refractivity contribution in [2.45, 2.75) is 90.3 Å². The Hall–Kier alpha value is -0.0800. The molecule has 1 N–H and O–H groups in total. The Morgan fingerprint density at radius 2 is 1.63 bits per heavy atom. The first-order valence-electron chi connectivity index (χ1n) is 8.31. The van der Waals surface area contributed by atoms with Crippen molar-refractivity contribution >= 4 is 0 Å². The summed E-state index contributed by atoms with van der Waals surface area (Å²) in [5, 5.41) is 10.9. The number of aliphatic hydroxyl groups excluding tert-OH is 1. The highest BCUT2D eigenvalue weighted by atomic mass is 16.5. The van der Waals surface area contributed by atoms with Gasteiger partial charge in [0.2, 0.25) is 0 Å². The lowest BCUT2D eigenvalue weighted by molar-refractivity contribution is -0.170. The summed E-state index contributed by atoms with van der Waals surface area (Å²) in [4.78, 5) is 0. The summed E-state index contributed by atoms with van der Waals surface area (Å²) in [6, 6.07) is 0. The van der Waals surface area contributed by atoms with Crippen LogP contribution >= 0.6 is 0 Å². The molecule has 0 heterocycles. The molecule has 0 aromatic carbocycles. The van der Waals surface area contributed by atoms with Gasteiger partial charge < -0.3 is 9.84 Å². The van der Waals surface area contributed by atoms with Gasteiger partial charge in [0, 0.05) is 6.61 Å². The van der Waals surface area contributed by atoms with Crippen LogP contribution in [0.4, 0.5) is 0 Å². The van der Waals surface area contributed by atoms with Crippen molar-refractivity contribution < 1.29 is 9.84 Å². The second kappa shape index (κ2) is 6.13. The van der Waals surface area contributed by atoms with Crippen LogP contribution in [0.2, 0.25) is 0 Å². The minimum absolute atomic E-state index is 0.244. The fourth-order valence-corrected chi connectivity index (χ4v) is 4.04. The summed E-state index contributed by atoms with van der Waals surface area (Å²) >= 11 is 0. The van der Waals surface area contributed by atoms with Gasteiger partial charge >= 0.3 is 0 Å². The van der Waals surface area contributed by atoms with Gasteiger partial charge in [0.15, 0.2) is 0 Å². The molecule has 19 heavy (non-hydrogen) atoms. The molecule has 0 saturated heterocycles. The smallest absolute Gasteiger partial charge is 0.0943 e. The zero-order valence-corrected chi connectivity index (χ0v) is 13.1. The third-order valence-corrected chi connectivity index (χ3v) is 5.52. The molecule has 2 aliphatic carbocycles. The Morgan fingerprint density at radius 3 is 2.16 bits per heavy atom. The molecule has 0 radical (unpaired) electrons. The average molecular weight is 268 g/mol. The Kier molecular flexibility index (Phi) is 4.94. The molecule has 2 fully saturated rings. The lowest BCUT2D eigenvalue weighted by atomic mass is 9.66. The van der Waals surface area contributed by atoms with Crippen LogP contribution in [-0.4, -0.2) is 23.4 Å². The van der Waals surface area contributed by atoms with Gasteiger partial charge in [0.25, 0.3) is 0 Å². The predicted molar refractivity (Wildman–Crippen MR) is 79.2 cm³/mol. The predicted octanol–water partition coefficient (Wildman–Crippen LogP) is 4.30. The van der Waals surface area contributed by atoms with E-state index in [9.17, 15) is 5.11 Å². The fraction of sp³-hybridized carbons (Fsp3) is 1.00. The maximum Gasteiger partial charge on any atom is 0.0943 e. The normalized spacial score (nSPS) is 29.1. The van der Waals surface area contributed by atoms with Crippen molar-refractivity contribution in [3.63, 3.8) is 0 Å². The fourth-order valence-electron chi connectivity index (χ4n) is 4.04. The molecule has 0 spiro atoms. The first kappa shape index (κ1) is 15.3. The van der Waals surface area contributed by atoms with Gasteiger partial charge in [0.05, 0.1) is 11.7 Å². The first-order valence-corrected chi connectivity index (χ1v) is 8.31. The van der Waals surface area contributed by atoms with Crippen LogP contribution in [0.5, 0.6) is 0 Å². The molecule has 112 valence electrons. The molecule has 0 aliphatic heterocycles. The van der Waals surface area contributed by atoms with E-state index in [0.717, 1.165) is 19.4 Å². The van der Waals surface area contributed by atoms with E-state index in [0.29, 0.717) is 11.3 Å². The van der Waals surface area contributed by atoms with E-state index in [-0.39, 0.29) is 11.7 Å². The molecule has 2 aliphatic rings. The maximum absolute atomic E-state index is 10.9. The number of rotatable bonds is 4. The van der Waals surface area contributed by atoms with Crippen LogP contribution in [0.1, 0.15) is 78.6 Å². The van der Waals surface area contributed by atoms with Gasteiger partial charge in [-0.05, 0) is 56.8 Å². The quantitative estimate of drug-likeness (QED) is 0.823. The maximum atomic E-state index is 10.9. The zero-order chi connectivity index (χ0) is 13.9. The van der Waals surface area contributed by atoms with Gasteiger partial charge in [-0.25, -0.2) is 0 Å². The van der Waals surface area contributed by atoms with Crippen molar-refractivity contribution in [2.75, 3.05) is 6.61 Å².